The van der Waals surface area contributed by atoms with Crippen LogP contribution in [0.15, 0.2) is 47.1 Å². The smallest absolute Gasteiger partial charge is 0.198 e. The molecule has 2 aromatic rings. The summed E-state index contributed by atoms with van der Waals surface area (Å²) < 4.78 is 3.47. The fourth-order valence-electron chi connectivity index (χ4n) is 2.16. The van der Waals surface area contributed by atoms with Gasteiger partial charge in [-0.15, -0.1) is 0 Å². The second-order valence-electron chi connectivity index (χ2n) is 3.83. The standard InChI is InChI=1S/C13H11BrN/c14-11-5-4-10-6-8-15-7-2-1-3-13(15)12(10)9-11/h1-5,7,9H,6,8H2/q+1. The number of nitrogens with zero attached hydrogens (tertiary/aromatic N) is 1. The molecule has 0 bridgehead atoms. The van der Waals surface area contributed by atoms with E-state index in [-0.39, 0.29) is 0 Å². The molecule has 0 fully saturated rings. The Morgan fingerprint density at radius 1 is 1.13 bits per heavy atom. The van der Waals surface area contributed by atoms with Crippen LogP contribution >= 0.6 is 15.9 Å². The number of benzene rings is 1. The number of rotatable bonds is 0. The van der Waals surface area contributed by atoms with Crippen LogP contribution in [0, 0.1) is 0 Å². The van der Waals surface area contributed by atoms with Crippen LogP contribution in [0.1, 0.15) is 5.56 Å². The van der Waals surface area contributed by atoms with E-state index in [4.69, 9.17) is 0 Å². The Hall–Kier alpha value is -1.15. The molecule has 0 aliphatic carbocycles. The number of hydrogen-bond acceptors (Lipinski definition) is 0. The normalized spacial score (nSPS) is 13.1. The molecule has 0 saturated heterocycles. The summed E-state index contributed by atoms with van der Waals surface area (Å²) >= 11 is 3.53. The molecule has 0 atom stereocenters. The Morgan fingerprint density at radius 3 is 3.00 bits per heavy atom. The SMILES string of the molecule is Brc1ccc2c(c1)-c1cccc[n+]1CC2. The maximum absolute atomic E-state index is 3.53. The topological polar surface area (TPSA) is 3.88 Å². The van der Waals surface area contributed by atoms with Gasteiger partial charge < -0.3 is 0 Å². The summed E-state index contributed by atoms with van der Waals surface area (Å²) in [6.07, 6.45) is 3.28. The summed E-state index contributed by atoms with van der Waals surface area (Å²) in [5, 5.41) is 0. The van der Waals surface area contributed by atoms with Crippen molar-refractivity contribution in [2.24, 2.45) is 0 Å². The van der Waals surface area contributed by atoms with Crippen molar-refractivity contribution in [1.82, 2.24) is 0 Å². The van der Waals surface area contributed by atoms with Gasteiger partial charge in [-0.3, -0.25) is 0 Å². The average molecular weight is 261 g/mol. The van der Waals surface area contributed by atoms with Crippen molar-refractivity contribution in [3.8, 4) is 11.3 Å². The van der Waals surface area contributed by atoms with Gasteiger partial charge in [0.25, 0.3) is 0 Å². The molecule has 1 aliphatic rings. The van der Waals surface area contributed by atoms with E-state index < -0.39 is 0 Å². The van der Waals surface area contributed by atoms with Crippen LogP contribution in [0.3, 0.4) is 0 Å². The highest BCUT2D eigenvalue weighted by Gasteiger charge is 2.21. The zero-order valence-electron chi connectivity index (χ0n) is 8.28. The molecule has 1 nitrogen and oxygen atoms in total. The van der Waals surface area contributed by atoms with Crippen molar-refractivity contribution in [3.05, 3.63) is 52.6 Å². The fraction of sp³-hybridized carbons (Fsp3) is 0.154. The lowest BCUT2D eigenvalue weighted by Gasteiger charge is -2.14. The van der Waals surface area contributed by atoms with Gasteiger partial charge in [0.15, 0.2) is 12.7 Å². The van der Waals surface area contributed by atoms with Crippen LogP contribution in [0.4, 0.5) is 0 Å². The van der Waals surface area contributed by atoms with E-state index in [1.165, 1.54) is 16.8 Å². The lowest BCUT2D eigenvalue weighted by Crippen LogP contribution is -2.39. The third kappa shape index (κ3) is 1.49. The first-order valence-corrected chi connectivity index (χ1v) is 5.91. The van der Waals surface area contributed by atoms with Crippen molar-refractivity contribution >= 4 is 15.9 Å². The molecule has 0 amide bonds. The second kappa shape index (κ2) is 3.46. The molecule has 0 radical (unpaired) electrons. The van der Waals surface area contributed by atoms with E-state index in [9.17, 15) is 0 Å². The number of aromatic nitrogens is 1. The maximum Gasteiger partial charge on any atom is 0.212 e. The lowest BCUT2D eigenvalue weighted by molar-refractivity contribution is -0.687. The van der Waals surface area contributed by atoms with Gasteiger partial charge in [-0.2, -0.15) is 4.57 Å². The summed E-state index contributed by atoms with van der Waals surface area (Å²) in [5.74, 6) is 0. The van der Waals surface area contributed by atoms with E-state index in [0.29, 0.717) is 0 Å². The van der Waals surface area contributed by atoms with Crippen molar-refractivity contribution < 1.29 is 4.57 Å². The molecular formula is C13H11BrN+. The van der Waals surface area contributed by atoms with Crippen LogP contribution in [0.25, 0.3) is 11.3 Å². The number of aryl methyl sites for hydroxylation is 2. The molecular weight excluding hydrogens is 250 g/mol. The molecule has 2 heteroatoms. The van der Waals surface area contributed by atoms with Crippen molar-refractivity contribution in [2.45, 2.75) is 13.0 Å². The van der Waals surface area contributed by atoms with Gasteiger partial charge in [-0.1, -0.05) is 22.0 Å². The molecule has 0 N–H and O–H groups in total. The minimum Gasteiger partial charge on any atom is -0.198 e. The predicted octanol–water partition coefficient (Wildman–Crippen LogP) is 2.96. The van der Waals surface area contributed by atoms with Crippen LogP contribution in [0.5, 0.6) is 0 Å². The molecule has 0 unspecified atom stereocenters. The van der Waals surface area contributed by atoms with Gasteiger partial charge in [0.2, 0.25) is 5.69 Å². The number of halogens is 1. The number of pyridine rings is 1. The average Bonchev–Trinajstić information content (AvgIpc) is 2.29. The molecule has 1 aliphatic heterocycles. The number of hydrogen-bond donors (Lipinski definition) is 0. The highest BCUT2D eigenvalue weighted by atomic mass is 79.9. The predicted molar refractivity (Wildman–Crippen MR) is 63.5 cm³/mol. The summed E-state index contributed by atoms with van der Waals surface area (Å²) in [6, 6.07) is 12.9. The molecule has 1 aromatic carbocycles. The van der Waals surface area contributed by atoms with E-state index in [2.05, 4.69) is 63.1 Å². The van der Waals surface area contributed by atoms with Crippen molar-refractivity contribution in [3.63, 3.8) is 0 Å². The zero-order valence-corrected chi connectivity index (χ0v) is 9.87. The van der Waals surface area contributed by atoms with E-state index in [1.54, 1.807) is 0 Å². The summed E-state index contributed by atoms with van der Waals surface area (Å²) in [7, 11) is 0. The lowest BCUT2D eigenvalue weighted by atomic mass is 9.98. The second-order valence-corrected chi connectivity index (χ2v) is 4.75. The Labute approximate surface area is 97.5 Å². The van der Waals surface area contributed by atoms with Gasteiger partial charge >= 0.3 is 0 Å². The maximum atomic E-state index is 3.53. The summed E-state index contributed by atoms with van der Waals surface area (Å²) in [5.41, 5.74) is 4.13. The van der Waals surface area contributed by atoms with Gasteiger partial charge in [0.1, 0.15) is 0 Å². The molecule has 0 saturated carbocycles. The van der Waals surface area contributed by atoms with E-state index in [1.807, 2.05) is 0 Å². The largest absolute Gasteiger partial charge is 0.212 e. The quantitative estimate of drug-likeness (QED) is 0.642. The minimum atomic E-state index is 1.09. The van der Waals surface area contributed by atoms with Crippen LogP contribution in [0.2, 0.25) is 0 Å². The van der Waals surface area contributed by atoms with Crippen LogP contribution in [-0.2, 0) is 13.0 Å². The highest BCUT2D eigenvalue weighted by molar-refractivity contribution is 9.10. The van der Waals surface area contributed by atoms with Gasteiger partial charge in [0.05, 0.1) is 5.56 Å². The van der Waals surface area contributed by atoms with E-state index >= 15 is 0 Å². The Balaban J connectivity index is 2.28. The van der Waals surface area contributed by atoms with E-state index in [0.717, 1.165) is 17.4 Å². The molecule has 1 aromatic heterocycles. The Morgan fingerprint density at radius 2 is 2.07 bits per heavy atom. The van der Waals surface area contributed by atoms with Gasteiger partial charge in [-0.05, 0) is 23.8 Å². The molecule has 74 valence electrons. The highest BCUT2D eigenvalue weighted by Crippen LogP contribution is 2.27. The molecule has 0 spiro atoms. The Kier molecular flexibility index (Phi) is 2.10. The minimum absolute atomic E-state index is 1.09. The fourth-order valence-corrected chi connectivity index (χ4v) is 2.52. The molecule has 3 rings (SSSR count). The van der Waals surface area contributed by atoms with Crippen LogP contribution in [-0.4, -0.2) is 0 Å². The molecule has 15 heavy (non-hydrogen) atoms. The summed E-state index contributed by atoms with van der Waals surface area (Å²) in [6.45, 7) is 1.09. The monoisotopic (exact) mass is 260 g/mol. The molecule has 2 heterocycles. The van der Waals surface area contributed by atoms with Crippen molar-refractivity contribution in [1.29, 1.82) is 0 Å². The zero-order chi connectivity index (χ0) is 10.3. The van der Waals surface area contributed by atoms with Gasteiger partial charge in [-0.25, -0.2) is 0 Å². The summed E-state index contributed by atoms with van der Waals surface area (Å²) in [4.78, 5) is 0. The Bertz CT molecular complexity index is 520. The first kappa shape index (κ1) is 9.10. The first-order valence-electron chi connectivity index (χ1n) is 5.12. The van der Waals surface area contributed by atoms with Gasteiger partial charge in [0, 0.05) is 23.0 Å². The van der Waals surface area contributed by atoms with Crippen molar-refractivity contribution in [2.75, 3.05) is 0 Å². The third-order valence-corrected chi connectivity index (χ3v) is 3.40. The van der Waals surface area contributed by atoms with Crippen LogP contribution < -0.4 is 4.57 Å². The number of fused-ring (bicyclic) bond motifs is 3. The first-order chi connectivity index (χ1) is 7.34. The third-order valence-electron chi connectivity index (χ3n) is 2.91.